The molecule has 0 fully saturated rings. The number of pyridine rings is 1. The Morgan fingerprint density at radius 2 is 2.00 bits per heavy atom. The van der Waals surface area contributed by atoms with E-state index in [9.17, 15) is 9.65 Å². The van der Waals surface area contributed by atoms with Crippen LogP contribution in [0.4, 0.5) is 21.5 Å². The average molecular weight is 469 g/mol. The molecule has 0 unspecified atom stereocenters. The summed E-state index contributed by atoms with van der Waals surface area (Å²) in [6.45, 7) is 1.84. The highest BCUT2D eigenvalue weighted by Gasteiger charge is 2.16. The van der Waals surface area contributed by atoms with Crippen LogP contribution in [0.25, 0.3) is 10.9 Å². The van der Waals surface area contributed by atoms with E-state index in [-0.39, 0.29) is 5.02 Å². The molecule has 2 N–H and O–H groups in total. The number of hydrogen-bond acceptors (Lipinski definition) is 6. The molecule has 0 spiro atoms. The van der Waals surface area contributed by atoms with Crippen molar-refractivity contribution in [2.24, 2.45) is 0 Å². The number of nitrogens with zero attached hydrogens (tertiary/aromatic N) is 4. The molecule has 5 rings (SSSR count). The number of halogens is 3. The molecule has 10 heteroatoms. The molecule has 3 heterocycles. The number of hydrogen-bond donors (Lipinski definition) is 2. The van der Waals surface area contributed by atoms with Crippen molar-refractivity contribution < 1.29 is 9.13 Å². The van der Waals surface area contributed by atoms with Gasteiger partial charge in [0, 0.05) is 29.0 Å². The number of nitrogens with one attached hydrogen (secondary N) is 2. The van der Waals surface area contributed by atoms with Crippen LogP contribution in [0.1, 0.15) is 11.3 Å². The molecule has 0 bridgehead atoms. The van der Waals surface area contributed by atoms with Gasteiger partial charge in [-0.3, -0.25) is 4.98 Å². The largest absolute Gasteiger partial charge is 0.476 e. The summed E-state index contributed by atoms with van der Waals surface area (Å²) in [6, 6.07) is 11.9. The quantitative estimate of drug-likeness (QED) is 0.402. The summed E-state index contributed by atoms with van der Waals surface area (Å²) in [4.78, 5) is 4.34. The van der Waals surface area contributed by atoms with Crippen LogP contribution in [0.3, 0.4) is 0 Å². The summed E-state index contributed by atoms with van der Waals surface area (Å²) in [5.41, 5.74) is 3.44. The first-order valence-electron chi connectivity index (χ1n) is 9.69. The van der Waals surface area contributed by atoms with E-state index in [1.807, 2.05) is 16.8 Å². The lowest BCUT2D eigenvalue weighted by molar-refractivity contribution is 0.356. The van der Waals surface area contributed by atoms with Gasteiger partial charge in [0.1, 0.15) is 18.5 Å². The standard InChI is InChI=1S/C22H15Cl2FN6O/c23-17-6-13(1-2-19(17)25)29-21-12(9-26)10-28-22-16(21)5-14(7-18(22)24)27-11-15-8-20-31(30-15)3-4-32-20/h1-2,5-8,10,27H,3-4,11H2,(H,28,29). The van der Waals surface area contributed by atoms with Crippen molar-refractivity contribution in [3.63, 3.8) is 0 Å². The molecule has 0 saturated heterocycles. The number of fused-ring (bicyclic) bond motifs is 2. The molecule has 7 nitrogen and oxygen atoms in total. The fraction of sp³-hybridized carbons (Fsp3) is 0.136. The second-order valence-corrected chi connectivity index (χ2v) is 7.98. The summed E-state index contributed by atoms with van der Waals surface area (Å²) in [5.74, 6) is 0.230. The molecular weight excluding hydrogens is 454 g/mol. The molecule has 2 aromatic carbocycles. The van der Waals surface area contributed by atoms with E-state index in [1.54, 1.807) is 12.1 Å². The van der Waals surface area contributed by atoms with Crippen molar-refractivity contribution in [1.82, 2.24) is 14.8 Å². The summed E-state index contributed by atoms with van der Waals surface area (Å²) in [6.07, 6.45) is 1.45. The Labute approximate surface area is 192 Å². The Bertz CT molecular complexity index is 1380. The van der Waals surface area contributed by atoms with Crippen molar-refractivity contribution in [3.05, 3.63) is 69.7 Å². The SMILES string of the molecule is N#Cc1cnc2c(Cl)cc(NCc3cc4n(n3)CCO4)cc2c1Nc1ccc(F)c(Cl)c1. The van der Waals surface area contributed by atoms with E-state index in [1.165, 1.54) is 18.3 Å². The molecular formula is C22H15Cl2FN6O. The van der Waals surface area contributed by atoms with E-state index < -0.39 is 5.82 Å². The Morgan fingerprint density at radius 3 is 2.78 bits per heavy atom. The second-order valence-electron chi connectivity index (χ2n) is 7.17. The van der Waals surface area contributed by atoms with Gasteiger partial charge >= 0.3 is 0 Å². The predicted molar refractivity (Wildman–Crippen MR) is 121 cm³/mol. The van der Waals surface area contributed by atoms with E-state index in [0.717, 1.165) is 23.8 Å². The number of rotatable bonds is 5. The van der Waals surface area contributed by atoms with E-state index >= 15 is 0 Å². The van der Waals surface area contributed by atoms with Crippen LogP contribution in [-0.2, 0) is 13.1 Å². The van der Waals surface area contributed by atoms with Crippen molar-refractivity contribution >= 4 is 51.2 Å². The van der Waals surface area contributed by atoms with Crippen LogP contribution < -0.4 is 15.4 Å². The molecule has 1 aliphatic heterocycles. The normalized spacial score (nSPS) is 12.3. The van der Waals surface area contributed by atoms with Gasteiger partial charge in [-0.2, -0.15) is 10.4 Å². The third kappa shape index (κ3) is 3.77. The molecule has 32 heavy (non-hydrogen) atoms. The minimum Gasteiger partial charge on any atom is -0.476 e. The second kappa shape index (κ2) is 8.19. The Kier molecular flexibility index (Phi) is 5.21. The summed E-state index contributed by atoms with van der Waals surface area (Å²) in [5, 5.41) is 21.6. The fourth-order valence-electron chi connectivity index (χ4n) is 3.54. The monoisotopic (exact) mass is 468 g/mol. The minimum atomic E-state index is -0.525. The van der Waals surface area contributed by atoms with Gasteiger partial charge in [0.05, 0.1) is 45.6 Å². The number of anilines is 3. The van der Waals surface area contributed by atoms with Crippen LogP contribution in [0.15, 0.2) is 42.6 Å². The van der Waals surface area contributed by atoms with Gasteiger partial charge in [-0.1, -0.05) is 23.2 Å². The summed E-state index contributed by atoms with van der Waals surface area (Å²) >= 11 is 12.4. The van der Waals surface area contributed by atoms with Gasteiger partial charge in [0.25, 0.3) is 0 Å². The van der Waals surface area contributed by atoms with Crippen LogP contribution in [0, 0.1) is 17.1 Å². The maximum absolute atomic E-state index is 13.6. The summed E-state index contributed by atoms with van der Waals surface area (Å²) in [7, 11) is 0. The molecule has 0 amide bonds. The van der Waals surface area contributed by atoms with Crippen molar-refractivity contribution in [2.75, 3.05) is 17.2 Å². The highest BCUT2D eigenvalue weighted by molar-refractivity contribution is 6.36. The summed E-state index contributed by atoms with van der Waals surface area (Å²) < 4.78 is 20.9. The van der Waals surface area contributed by atoms with E-state index in [2.05, 4.69) is 26.8 Å². The fourth-order valence-corrected chi connectivity index (χ4v) is 3.99. The number of nitriles is 1. The van der Waals surface area contributed by atoms with E-state index in [0.29, 0.717) is 46.0 Å². The Morgan fingerprint density at radius 1 is 1.16 bits per heavy atom. The lowest BCUT2D eigenvalue weighted by Gasteiger charge is -2.14. The lowest BCUT2D eigenvalue weighted by Crippen LogP contribution is -2.04. The third-order valence-corrected chi connectivity index (χ3v) is 5.63. The van der Waals surface area contributed by atoms with Crippen LogP contribution >= 0.6 is 23.2 Å². The third-order valence-electron chi connectivity index (χ3n) is 5.05. The molecule has 0 saturated carbocycles. The van der Waals surface area contributed by atoms with Crippen LogP contribution in [0.2, 0.25) is 10.0 Å². The van der Waals surface area contributed by atoms with E-state index in [4.69, 9.17) is 27.9 Å². The molecule has 2 aromatic heterocycles. The molecule has 4 aromatic rings. The van der Waals surface area contributed by atoms with Gasteiger partial charge in [0.15, 0.2) is 0 Å². The first-order valence-corrected chi connectivity index (χ1v) is 10.5. The van der Waals surface area contributed by atoms with Crippen molar-refractivity contribution in [3.8, 4) is 11.9 Å². The minimum absolute atomic E-state index is 0.0248. The topological polar surface area (TPSA) is 87.8 Å². The van der Waals surface area contributed by atoms with Gasteiger partial charge in [-0.25, -0.2) is 9.07 Å². The predicted octanol–water partition coefficient (Wildman–Crippen LogP) is 5.50. The van der Waals surface area contributed by atoms with Gasteiger partial charge < -0.3 is 15.4 Å². The maximum atomic E-state index is 13.6. The Balaban J connectivity index is 1.50. The first kappa shape index (κ1) is 20.4. The smallest absolute Gasteiger partial charge is 0.212 e. The molecule has 0 radical (unpaired) electrons. The average Bonchev–Trinajstić information content (AvgIpc) is 3.37. The van der Waals surface area contributed by atoms with Gasteiger partial charge in [0.2, 0.25) is 5.88 Å². The van der Waals surface area contributed by atoms with Crippen LogP contribution in [0.5, 0.6) is 5.88 Å². The Hall–Kier alpha value is -3.54. The molecule has 0 atom stereocenters. The zero-order valence-corrected chi connectivity index (χ0v) is 18.0. The molecule has 0 aliphatic carbocycles. The first-order chi connectivity index (χ1) is 15.5. The van der Waals surface area contributed by atoms with Crippen LogP contribution in [-0.4, -0.2) is 21.4 Å². The van der Waals surface area contributed by atoms with Crippen molar-refractivity contribution in [2.45, 2.75) is 13.1 Å². The highest BCUT2D eigenvalue weighted by atomic mass is 35.5. The molecule has 160 valence electrons. The lowest BCUT2D eigenvalue weighted by atomic mass is 10.1. The maximum Gasteiger partial charge on any atom is 0.212 e. The van der Waals surface area contributed by atoms with Crippen molar-refractivity contribution in [1.29, 1.82) is 5.26 Å². The zero-order chi connectivity index (χ0) is 22.2. The molecule has 1 aliphatic rings. The number of ether oxygens (including phenoxy) is 1. The van der Waals surface area contributed by atoms with Gasteiger partial charge in [-0.15, -0.1) is 0 Å². The number of aromatic nitrogens is 3. The van der Waals surface area contributed by atoms with Gasteiger partial charge in [-0.05, 0) is 30.3 Å². The zero-order valence-electron chi connectivity index (χ0n) is 16.5. The number of benzene rings is 2. The highest BCUT2D eigenvalue weighted by Crippen LogP contribution is 2.35.